The second-order valence-corrected chi connectivity index (χ2v) is 7.67. The summed E-state index contributed by atoms with van der Waals surface area (Å²) in [6.07, 6.45) is 0. The Bertz CT molecular complexity index is 938. The first-order valence-electron chi connectivity index (χ1n) is 9.51. The summed E-state index contributed by atoms with van der Waals surface area (Å²) in [5.74, 6) is 1.86. The fourth-order valence-electron chi connectivity index (χ4n) is 2.74. The first-order chi connectivity index (χ1) is 13.9. The molecule has 0 spiro atoms. The van der Waals surface area contributed by atoms with Gasteiger partial charge < -0.3 is 19.9 Å². The van der Waals surface area contributed by atoms with Crippen molar-refractivity contribution in [1.29, 1.82) is 0 Å². The lowest BCUT2D eigenvalue weighted by molar-refractivity contribution is -0.736. The Morgan fingerprint density at radius 3 is 2.55 bits per heavy atom. The number of nitrogens with two attached hydrogens (primary N) is 1. The zero-order valence-corrected chi connectivity index (χ0v) is 17.3. The molecule has 0 fully saturated rings. The predicted molar refractivity (Wildman–Crippen MR) is 108 cm³/mol. The average molecular weight is 398 g/mol. The Hall–Kier alpha value is -2.97. The highest BCUT2D eigenvalue weighted by Gasteiger charge is 2.20. The molecule has 0 unspecified atom stereocenters. The number of quaternary nitrogens is 1. The average Bonchev–Trinajstić information content (AvgIpc) is 3.20. The molecule has 2 aromatic carbocycles. The summed E-state index contributed by atoms with van der Waals surface area (Å²) in [4.78, 5) is 0. The minimum atomic E-state index is -0.227. The van der Waals surface area contributed by atoms with E-state index >= 15 is 0 Å². The van der Waals surface area contributed by atoms with Gasteiger partial charge in [0.15, 0.2) is 23.9 Å². The van der Waals surface area contributed by atoms with E-state index in [1.807, 2.05) is 63.2 Å². The Morgan fingerprint density at radius 2 is 1.86 bits per heavy atom. The number of ether oxygens (including phenoxy) is 2. The number of hydrogen-bond acceptors (Lipinski definition) is 6. The van der Waals surface area contributed by atoms with Crippen LogP contribution in [0.1, 0.15) is 30.8 Å². The van der Waals surface area contributed by atoms with E-state index in [0.29, 0.717) is 17.3 Å². The lowest BCUT2D eigenvalue weighted by Crippen LogP contribution is -2.95. The van der Waals surface area contributed by atoms with Crippen LogP contribution in [0.2, 0.25) is 0 Å². The van der Waals surface area contributed by atoms with Gasteiger partial charge in [-0.1, -0.05) is 17.7 Å². The number of aromatic nitrogens is 4. The summed E-state index contributed by atoms with van der Waals surface area (Å²) in [7, 11) is 1.61. The molecule has 1 aromatic heterocycles. The largest absolute Gasteiger partial charge is 0.493 e. The summed E-state index contributed by atoms with van der Waals surface area (Å²) in [6.45, 7) is 7.09. The normalized spacial score (nSPS) is 11.5. The molecular formula is C21H28N5O3+. The molecule has 8 nitrogen and oxygen atoms in total. The second-order valence-electron chi connectivity index (χ2n) is 7.67. The first-order valence-corrected chi connectivity index (χ1v) is 9.51. The van der Waals surface area contributed by atoms with E-state index in [-0.39, 0.29) is 18.8 Å². The van der Waals surface area contributed by atoms with Crippen LogP contribution >= 0.6 is 0 Å². The molecule has 3 aromatic rings. The monoisotopic (exact) mass is 398 g/mol. The van der Waals surface area contributed by atoms with Gasteiger partial charge in [-0.05, 0) is 61.5 Å². The fraction of sp³-hybridized carbons (Fsp3) is 0.381. The van der Waals surface area contributed by atoms with Crippen molar-refractivity contribution in [1.82, 2.24) is 20.2 Å². The summed E-state index contributed by atoms with van der Waals surface area (Å²) in [5.41, 5.74) is 2.91. The maximum absolute atomic E-state index is 9.40. The van der Waals surface area contributed by atoms with Crippen molar-refractivity contribution < 1.29 is 19.9 Å². The molecular weight excluding hydrogens is 370 g/mol. The van der Waals surface area contributed by atoms with Crippen molar-refractivity contribution in [2.45, 2.75) is 39.5 Å². The van der Waals surface area contributed by atoms with Gasteiger partial charge in [-0.2, -0.15) is 4.68 Å². The van der Waals surface area contributed by atoms with E-state index in [2.05, 4.69) is 20.8 Å². The zero-order valence-electron chi connectivity index (χ0n) is 17.3. The van der Waals surface area contributed by atoms with Crippen LogP contribution in [0, 0.1) is 6.92 Å². The van der Waals surface area contributed by atoms with Crippen LogP contribution in [0.25, 0.3) is 5.69 Å². The lowest BCUT2D eigenvalue weighted by Gasteiger charge is -2.20. The summed E-state index contributed by atoms with van der Waals surface area (Å²) >= 11 is 0. The molecule has 0 bridgehead atoms. The van der Waals surface area contributed by atoms with Crippen LogP contribution in [-0.2, 0) is 13.2 Å². The maximum atomic E-state index is 9.40. The molecule has 0 aliphatic rings. The number of methoxy groups -OCH3 is 1. The van der Waals surface area contributed by atoms with Gasteiger partial charge in [-0.25, -0.2) is 0 Å². The third-order valence-corrected chi connectivity index (χ3v) is 4.70. The SMILES string of the molecule is COc1cc(C[NH2+]C(C)(C)CO)ccc1OCc1nnnn1-c1ccc(C)cc1. The van der Waals surface area contributed by atoms with Gasteiger partial charge >= 0.3 is 0 Å². The molecule has 8 heteroatoms. The van der Waals surface area contributed by atoms with Crippen molar-refractivity contribution in [3.8, 4) is 17.2 Å². The Balaban J connectivity index is 1.70. The predicted octanol–water partition coefficient (Wildman–Crippen LogP) is 1.39. The Kier molecular flexibility index (Phi) is 6.46. The molecule has 0 radical (unpaired) electrons. The van der Waals surface area contributed by atoms with E-state index in [1.54, 1.807) is 11.8 Å². The molecule has 0 saturated carbocycles. The maximum Gasteiger partial charge on any atom is 0.194 e. The highest BCUT2D eigenvalue weighted by molar-refractivity contribution is 5.43. The third kappa shape index (κ3) is 5.30. The van der Waals surface area contributed by atoms with E-state index < -0.39 is 0 Å². The van der Waals surface area contributed by atoms with E-state index in [9.17, 15) is 5.11 Å². The van der Waals surface area contributed by atoms with E-state index in [0.717, 1.165) is 17.8 Å². The van der Waals surface area contributed by atoms with Crippen LogP contribution in [-0.4, -0.2) is 44.6 Å². The van der Waals surface area contributed by atoms with Crippen LogP contribution in [0.15, 0.2) is 42.5 Å². The second kappa shape index (κ2) is 9.02. The lowest BCUT2D eigenvalue weighted by atomic mass is 10.1. The van der Waals surface area contributed by atoms with Gasteiger partial charge in [-0.15, -0.1) is 5.10 Å². The van der Waals surface area contributed by atoms with Gasteiger partial charge in [0.2, 0.25) is 0 Å². The molecule has 3 N–H and O–H groups in total. The highest BCUT2D eigenvalue weighted by Crippen LogP contribution is 2.28. The molecule has 0 amide bonds. The molecule has 3 rings (SSSR count). The van der Waals surface area contributed by atoms with Crippen LogP contribution in [0.5, 0.6) is 11.5 Å². The summed E-state index contributed by atoms with van der Waals surface area (Å²) in [6, 6.07) is 13.8. The quantitative estimate of drug-likeness (QED) is 0.565. The van der Waals surface area contributed by atoms with Crippen molar-refractivity contribution in [3.63, 3.8) is 0 Å². The molecule has 0 aliphatic carbocycles. The standard InChI is InChI=1S/C21H27N5O3/c1-15-5-8-17(9-6-15)26-20(23-24-25-26)13-29-18-10-7-16(11-19(18)28-4)12-22-21(2,3)14-27/h5-11,22,27H,12-14H2,1-4H3/p+1. The van der Waals surface area contributed by atoms with Crippen molar-refractivity contribution in [3.05, 3.63) is 59.4 Å². The number of hydrogen-bond donors (Lipinski definition) is 2. The molecule has 0 atom stereocenters. The van der Waals surface area contributed by atoms with Gasteiger partial charge in [0.1, 0.15) is 12.1 Å². The first kappa shape index (κ1) is 20.8. The summed E-state index contributed by atoms with van der Waals surface area (Å²) < 4.78 is 13.1. The number of aliphatic hydroxyl groups excluding tert-OH is 1. The van der Waals surface area contributed by atoms with Crippen molar-refractivity contribution in [2.24, 2.45) is 0 Å². The smallest absolute Gasteiger partial charge is 0.194 e. The van der Waals surface area contributed by atoms with Gasteiger partial charge in [0, 0.05) is 5.56 Å². The van der Waals surface area contributed by atoms with Gasteiger partial charge in [0.05, 0.1) is 19.4 Å². The number of aliphatic hydroxyl groups is 1. The van der Waals surface area contributed by atoms with Crippen LogP contribution in [0.3, 0.4) is 0 Å². The molecule has 29 heavy (non-hydrogen) atoms. The number of rotatable bonds is 9. The minimum absolute atomic E-state index is 0.112. The molecule has 1 heterocycles. The third-order valence-electron chi connectivity index (χ3n) is 4.70. The fourth-order valence-corrected chi connectivity index (χ4v) is 2.74. The van der Waals surface area contributed by atoms with Gasteiger partial charge in [0.25, 0.3) is 0 Å². The number of nitrogens with zero attached hydrogens (tertiary/aromatic N) is 4. The summed E-state index contributed by atoms with van der Waals surface area (Å²) in [5, 5.41) is 23.4. The van der Waals surface area contributed by atoms with Crippen LogP contribution in [0.4, 0.5) is 0 Å². The Morgan fingerprint density at radius 1 is 1.10 bits per heavy atom. The number of aryl methyl sites for hydroxylation is 1. The molecule has 0 aliphatic heterocycles. The number of tetrazole rings is 1. The van der Waals surface area contributed by atoms with E-state index in [1.165, 1.54) is 5.56 Å². The zero-order chi connectivity index (χ0) is 20.9. The van der Waals surface area contributed by atoms with Crippen molar-refractivity contribution >= 4 is 0 Å². The Labute approximate surface area is 170 Å². The molecule has 154 valence electrons. The highest BCUT2D eigenvalue weighted by atomic mass is 16.5. The van der Waals surface area contributed by atoms with Crippen LogP contribution < -0.4 is 14.8 Å². The topological polar surface area (TPSA) is 98.9 Å². The van der Waals surface area contributed by atoms with Crippen molar-refractivity contribution in [2.75, 3.05) is 13.7 Å². The minimum Gasteiger partial charge on any atom is -0.493 e. The molecule has 0 saturated heterocycles. The number of benzene rings is 2. The van der Waals surface area contributed by atoms with E-state index in [4.69, 9.17) is 9.47 Å². The van der Waals surface area contributed by atoms with Gasteiger partial charge in [-0.3, -0.25) is 0 Å².